The second-order valence-corrected chi connectivity index (χ2v) is 7.82. The largest absolute Gasteiger partial charge is 0.497 e. The highest BCUT2D eigenvalue weighted by Crippen LogP contribution is 2.19. The van der Waals surface area contributed by atoms with Gasteiger partial charge in [0.2, 0.25) is 21.7 Å². The average Bonchev–Trinajstić information content (AvgIpc) is 3.21. The lowest BCUT2D eigenvalue weighted by atomic mass is 10.1. The monoisotopic (exact) mass is 417 g/mol. The molecule has 0 aliphatic rings. The summed E-state index contributed by atoms with van der Waals surface area (Å²) in [6, 6.07) is 13.2. The third-order valence-electron chi connectivity index (χ3n) is 3.99. The summed E-state index contributed by atoms with van der Waals surface area (Å²) in [4.78, 5) is 15.6. The minimum absolute atomic E-state index is 0.133. The van der Waals surface area contributed by atoms with Crippen LogP contribution in [0.5, 0.6) is 5.75 Å². The zero-order valence-electron chi connectivity index (χ0n) is 15.8. The minimum atomic E-state index is -3.65. The molecule has 0 bridgehead atoms. The number of rotatable bonds is 8. The van der Waals surface area contributed by atoms with Crippen molar-refractivity contribution in [1.82, 2.24) is 14.9 Å². The van der Waals surface area contributed by atoms with Crippen molar-refractivity contribution in [3.8, 4) is 17.1 Å². The lowest BCUT2D eigenvalue weighted by molar-refractivity contribution is 0.0600. The molecule has 1 N–H and O–H groups in total. The van der Waals surface area contributed by atoms with Crippen LogP contribution in [0.25, 0.3) is 11.4 Å². The van der Waals surface area contributed by atoms with E-state index >= 15 is 0 Å². The maximum Gasteiger partial charge on any atom is 0.337 e. The van der Waals surface area contributed by atoms with Gasteiger partial charge in [0.05, 0.1) is 32.1 Å². The van der Waals surface area contributed by atoms with E-state index in [1.54, 1.807) is 43.5 Å². The lowest BCUT2D eigenvalue weighted by Crippen LogP contribution is -2.24. The zero-order valence-corrected chi connectivity index (χ0v) is 16.6. The van der Waals surface area contributed by atoms with Crippen molar-refractivity contribution in [3.63, 3.8) is 0 Å². The SMILES string of the molecule is COC(=O)c1ccc(CS(=O)(=O)NCc2nc(-c3ccc(OC)cc3)no2)cc1. The smallest absolute Gasteiger partial charge is 0.337 e. The Labute approximate surface area is 167 Å². The molecule has 0 radical (unpaired) electrons. The van der Waals surface area contributed by atoms with Crippen molar-refractivity contribution in [2.24, 2.45) is 0 Å². The molecule has 2 aromatic carbocycles. The molecule has 0 amide bonds. The van der Waals surface area contributed by atoms with E-state index in [4.69, 9.17) is 9.26 Å². The number of ether oxygens (including phenoxy) is 2. The van der Waals surface area contributed by atoms with Gasteiger partial charge in [0.1, 0.15) is 5.75 Å². The van der Waals surface area contributed by atoms with Crippen LogP contribution in [-0.2, 0) is 27.1 Å². The maximum atomic E-state index is 12.3. The van der Waals surface area contributed by atoms with Gasteiger partial charge in [0.15, 0.2) is 0 Å². The number of nitrogens with one attached hydrogen (secondary N) is 1. The zero-order chi connectivity index (χ0) is 20.9. The highest BCUT2D eigenvalue weighted by atomic mass is 32.2. The number of aromatic nitrogens is 2. The minimum Gasteiger partial charge on any atom is -0.497 e. The van der Waals surface area contributed by atoms with E-state index in [-0.39, 0.29) is 18.2 Å². The summed E-state index contributed by atoms with van der Waals surface area (Å²) in [7, 11) is -0.796. The van der Waals surface area contributed by atoms with Crippen molar-refractivity contribution in [1.29, 1.82) is 0 Å². The summed E-state index contributed by atoms with van der Waals surface area (Å²) in [5, 5.41) is 3.86. The second kappa shape index (κ2) is 8.84. The van der Waals surface area contributed by atoms with Gasteiger partial charge in [0, 0.05) is 5.56 Å². The molecule has 10 heteroatoms. The summed E-state index contributed by atoms with van der Waals surface area (Å²) < 4.78 is 41.8. The number of benzene rings is 2. The first-order chi connectivity index (χ1) is 13.9. The topological polar surface area (TPSA) is 121 Å². The van der Waals surface area contributed by atoms with Crippen LogP contribution in [-0.4, -0.2) is 38.7 Å². The van der Waals surface area contributed by atoms with Crippen molar-refractivity contribution < 1.29 is 27.2 Å². The third-order valence-corrected chi connectivity index (χ3v) is 5.29. The molecule has 0 aliphatic heterocycles. The molecule has 0 fully saturated rings. The van der Waals surface area contributed by atoms with Gasteiger partial charge in [-0.3, -0.25) is 0 Å². The normalized spacial score (nSPS) is 11.2. The third kappa shape index (κ3) is 5.39. The van der Waals surface area contributed by atoms with Gasteiger partial charge in [0.25, 0.3) is 0 Å². The number of nitrogens with zero attached hydrogens (tertiary/aromatic N) is 2. The Hall–Kier alpha value is -3.24. The molecule has 0 saturated heterocycles. The fourth-order valence-corrected chi connectivity index (χ4v) is 3.56. The molecule has 0 saturated carbocycles. The van der Waals surface area contributed by atoms with Crippen molar-refractivity contribution in [2.45, 2.75) is 12.3 Å². The molecule has 0 unspecified atom stereocenters. The number of sulfonamides is 1. The van der Waals surface area contributed by atoms with Gasteiger partial charge >= 0.3 is 5.97 Å². The fraction of sp³-hybridized carbons (Fsp3) is 0.211. The predicted molar refractivity (Wildman–Crippen MR) is 104 cm³/mol. The molecule has 3 aromatic rings. The molecule has 0 aliphatic carbocycles. The van der Waals surface area contributed by atoms with Crippen LogP contribution in [0.1, 0.15) is 21.8 Å². The Bertz CT molecular complexity index is 1080. The summed E-state index contributed by atoms with van der Waals surface area (Å²) in [6.45, 7) is -0.133. The van der Waals surface area contributed by atoms with Crippen molar-refractivity contribution in [3.05, 3.63) is 65.5 Å². The number of hydrogen-bond acceptors (Lipinski definition) is 8. The van der Waals surface area contributed by atoms with E-state index in [1.165, 1.54) is 19.2 Å². The van der Waals surface area contributed by atoms with Crippen LogP contribution in [0.3, 0.4) is 0 Å². The van der Waals surface area contributed by atoms with E-state index in [0.29, 0.717) is 28.3 Å². The first-order valence-corrected chi connectivity index (χ1v) is 10.2. The fourth-order valence-electron chi connectivity index (χ4n) is 2.48. The lowest BCUT2D eigenvalue weighted by Gasteiger charge is -2.05. The van der Waals surface area contributed by atoms with Crippen LogP contribution in [0, 0.1) is 0 Å². The Morgan fingerprint density at radius 1 is 1.07 bits per heavy atom. The molecule has 29 heavy (non-hydrogen) atoms. The molecule has 0 spiro atoms. The average molecular weight is 417 g/mol. The van der Waals surface area contributed by atoms with Crippen molar-refractivity contribution >= 4 is 16.0 Å². The molecule has 1 aromatic heterocycles. The predicted octanol–water partition coefficient (Wildman–Crippen LogP) is 2.15. The molecular weight excluding hydrogens is 398 g/mol. The Morgan fingerprint density at radius 3 is 2.38 bits per heavy atom. The van der Waals surface area contributed by atoms with Crippen molar-refractivity contribution in [2.75, 3.05) is 14.2 Å². The highest BCUT2D eigenvalue weighted by Gasteiger charge is 2.15. The van der Waals surface area contributed by atoms with Crippen LogP contribution < -0.4 is 9.46 Å². The van der Waals surface area contributed by atoms with Crippen LogP contribution >= 0.6 is 0 Å². The number of hydrogen-bond donors (Lipinski definition) is 1. The Balaban J connectivity index is 1.60. The summed E-state index contributed by atoms with van der Waals surface area (Å²) in [5.74, 6) is 0.445. The van der Waals surface area contributed by atoms with Gasteiger partial charge in [-0.25, -0.2) is 17.9 Å². The van der Waals surface area contributed by atoms with E-state index < -0.39 is 16.0 Å². The summed E-state index contributed by atoms with van der Waals surface area (Å²) in [6.07, 6.45) is 0. The number of methoxy groups -OCH3 is 2. The first-order valence-electron chi connectivity index (χ1n) is 8.52. The molecule has 0 atom stereocenters. The van der Waals surface area contributed by atoms with Crippen LogP contribution in [0.15, 0.2) is 53.1 Å². The summed E-state index contributed by atoms with van der Waals surface area (Å²) in [5.41, 5.74) is 1.59. The van der Waals surface area contributed by atoms with E-state index in [9.17, 15) is 13.2 Å². The van der Waals surface area contributed by atoms with Gasteiger partial charge in [-0.05, 0) is 42.0 Å². The molecule has 1 heterocycles. The van der Waals surface area contributed by atoms with Gasteiger partial charge < -0.3 is 14.0 Å². The first kappa shape index (κ1) is 20.5. The van der Waals surface area contributed by atoms with Gasteiger partial charge in [-0.1, -0.05) is 17.3 Å². The second-order valence-electron chi connectivity index (χ2n) is 6.01. The van der Waals surface area contributed by atoms with Crippen LogP contribution in [0.2, 0.25) is 0 Å². The standard InChI is InChI=1S/C19H19N3O6S/c1-26-16-9-7-14(8-10-16)18-21-17(28-22-18)11-20-29(24,25)12-13-3-5-15(6-4-13)19(23)27-2/h3-10,20H,11-12H2,1-2H3. The van der Waals surface area contributed by atoms with E-state index in [2.05, 4.69) is 19.6 Å². The van der Waals surface area contributed by atoms with E-state index in [1.807, 2.05) is 0 Å². The van der Waals surface area contributed by atoms with Crippen LogP contribution in [0.4, 0.5) is 0 Å². The number of carbonyl (C=O) groups is 1. The number of esters is 1. The van der Waals surface area contributed by atoms with Gasteiger partial charge in [-0.2, -0.15) is 4.98 Å². The Kier molecular flexibility index (Phi) is 6.25. The highest BCUT2D eigenvalue weighted by molar-refractivity contribution is 7.88. The molecule has 9 nitrogen and oxygen atoms in total. The van der Waals surface area contributed by atoms with Gasteiger partial charge in [-0.15, -0.1) is 0 Å². The maximum absolute atomic E-state index is 12.3. The molecule has 3 rings (SSSR count). The van der Waals surface area contributed by atoms with E-state index in [0.717, 1.165) is 0 Å². The summed E-state index contributed by atoms with van der Waals surface area (Å²) >= 11 is 0. The molecular formula is C19H19N3O6S. The Morgan fingerprint density at radius 2 is 1.76 bits per heavy atom. The molecule has 152 valence electrons. The number of carbonyl (C=O) groups excluding carboxylic acids is 1. The quantitative estimate of drug-likeness (QED) is 0.554.